The van der Waals surface area contributed by atoms with Crippen LogP contribution >= 0.6 is 0 Å². The molecule has 0 fully saturated rings. The molecular weight excluding hydrogens is 232 g/mol. The van der Waals surface area contributed by atoms with Crippen molar-refractivity contribution in [1.82, 2.24) is 19.4 Å². The van der Waals surface area contributed by atoms with Crippen LogP contribution in [-0.2, 0) is 0 Å². The highest BCUT2D eigenvalue weighted by Crippen LogP contribution is 2.23. The van der Waals surface area contributed by atoms with Crippen LogP contribution in [0, 0.1) is 0 Å². The van der Waals surface area contributed by atoms with E-state index in [0.717, 1.165) is 11.4 Å². The lowest BCUT2D eigenvalue weighted by atomic mass is 10.3. The summed E-state index contributed by atoms with van der Waals surface area (Å²) in [6, 6.07) is 5.59. The molecule has 0 aliphatic carbocycles. The highest BCUT2D eigenvalue weighted by atomic mass is 16.5. The van der Waals surface area contributed by atoms with Crippen LogP contribution in [0.3, 0.4) is 0 Å². The van der Waals surface area contributed by atoms with E-state index in [-0.39, 0.29) is 0 Å². The van der Waals surface area contributed by atoms with Crippen LogP contribution in [0.5, 0.6) is 11.8 Å². The van der Waals surface area contributed by atoms with E-state index in [1.54, 1.807) is 24.7 Å². The lowest BCUT2D eigenvalue weighted by molar-refractivity contribution is 0.369. The molecule has 0 spiro atoms. The van der Waals surface area contributed by atoms with Crippen molar-refractivity contribution in [3.8, 4) is 23.1 Å². The zero-order chi connectivity index (χ0) is 12.5. The van der Waals surface area contributed by atoms with Gasteiger partial charge in [-0.1, -0.05) is 0 Å². The van der Waals surface area contributed by atoms with Crippen molar-refractivity contribution < 1.29 is 9.47 Å². The monoisotopic (exact) mass is 244 g/mol. The first-order chi connectivity index (χ1) is 8.81. The molecule has 3 heterocycles. The van der Waals surface area contributed by atoms with Gasteiger partial charge in [0, 0.05) is 12.4 Å². The number of nitrogens with zero attached hydrogens (tertiary/aromatic N) is 3. The summed E-state index contributed by atoms with van der Waals surface area (Å²) in [4.78, 5) is 11.8. The topological polar surface area (TPSA) is 64.4 Å². The van der Waals surface area contributed by atoms with Crippen molar-refractivity contribution in [2.75, 3.05) is 14.2 Å². The Kier molecular flexibility index (Phi) is 2.40. The predicted octanol–water partition coefficient (Wildman–Crippen LogP) is 1.74. The maximum absolute atomic E-state index is 5.29. The molecule has 0 unspecified atom stereocenters. The fourth-order valence-electron chi connectivity index (χ4n) is 1.80. The van der Waals surface area contributed by atoms with Gasteiger partial charge >= 0.3 is 0 Å². The minimum atomic E-state index is 0.475. The van der Waals surface area contributed by atoms with E-state index in [1.165, 1.54) is 0 Å². The molecule has 0 saturated heterocycles. The van der Waals surface area contributed by atoms with Crippen LogP contribution in [0.25, 0.3) is 17.2 Å². The molecule has 3 rings (SSSR count). The Morgan fingerprint density at radius 1 is 1.22 bits per heavy atom. The second-order valence-electron chi connectivity index (χ2n) is 3.72. The molecule has 1 N–H and O–H groups in total. The first-order valence-electron chi connectivity index (χ1n) is 5.43. The van der Waals surface area contributed by atoms with Crippen molar-refractivity contribution in [3.05, 3.63) is 30.6 Å². The zero-order valence-electron chi connectivity index (χ0n) is 10.0. The minimum absolute atomic E-state index is 0.475. The summed E-state index contributed by atoms with van der Waals surface area (Å²) in [7, 11) is 3.16. The first-order valence-corrected chi connectivity index (χ1v) is 5.43. The highest BCUT2D eigenvalue weighted by Gasteiger charge is 2.11. The van der Waals surface area contributed by atoms with Crippen molar-refractivity contribution in [2.45, 2.75) is 0 Å². The van der Waals surface area contributed by atoms with Crippen LogP contribution in [0.1, 0.15) is 0 Å². The second kappa shape index (κ2) is 4.06. The second-order valence-corrected chi connectivity index (χ2v) is 3.72. The number of ether oxygens (including phenoxy) is 2. The molecule has 0 atom stereocenters. The fraction of sp³-hybridized carbons (Fsp3) is 0.167. The molecule has 18 heavy (non-hydrogen) atoms. The van der Waals surface area contributed by atoms with Gasteiger partial charge in [0.25, 0.3) is 0 Å². The normalized spacial score (nSPS) is 10.8. The molecule has 92 valence electrons. The number of hydrogen-bond acceptors (Lipinski definition) is 4. The average molecular weight is 244 g/mol. The number of hydrogen-bond donors (Lipinski definition) is 1. The molecule has 3 aromatic rings. The maximum atomic E-state index is 5.29. The van der Waals surface area contributed by atoms with Gasteiger partial charge in [0.15, 0.2) is 0 Å². The Bertz CT molecular complexity index is 673. The zero-order valence-corrected chi connectivity index (χ0v) is 10.0. The van der Waals surface area contributed by atoms with Crippen LogP contribution in [0.4, 0.5) is 0 Å². The van der Waals surface area contributed by atoms with Gasteiger partial charge in [0.05, 0.1) is 26.0 Å². The Morgan fingerprint density at radius 2 is 2.11 bits per heavy atom. The van der Waals surface area contributed by atoms with Gasteiger partial charge in [-0.15, -0.1) is 0 Å². The Balaban J connectivity index is 2.22. The number of nitrogens with one attached hydrogen (secondary N) is 1. The van der Waals surface area contributed by atoms with Gasteiger partial charge in [-0.2, -0.15) is 4.98 Å². The number of H-pyrrole nitrogens is 1. The van der Waals surface area contributed by atoms with Crippen LogP contribution in [-0.4, -0.2) is 33.6 Å². The molecule has 0 amide bonds. The standard InChI is InChI=1S/C12H12N4O2/c1-17-10-6-11(18-2)16-7-9(14-12(16)15-10)8-4-3-5-13-8/h3-7,13H,1-2H3. The summed E-state index contributed by atoms with van der Waals surface area (Å²) >= 11 is 0. The van der Waals surface area contributed by atoms with Crippen LogP contribution in [0.2, 0.25) is 0 Å². The Hall–Kier alpha value is -2.50. The molecule has 0 radical (unpaired) electrons. The molecule has 0 aliphatic rings. The van der Waals surface area contributed by atoms with Crippen molar-refractivity contribution >= 4 is 5.78 Å². The van der Waals surface area contributed by atoms with E-state index < -0.39 is 0 Å². The summed E-state index contributed by atoms with van der Waals surface area (Å²) in [5, 5.41) is 0. The third kappa shape index (κ3) is 1.58. The van der Waals surface area contributed by atoms with Crippen molar-refractivity contribution in [1.29, 1.82) is 0 Å². The lowest BCUT2D eigenvalue weighted by Gasteiger charge is -2.04. The smallest absolute Gasteiger partial charge is 0.240 e. The summed E-state index contributed by atoms with van der Waals surface area (Å²) in [6.45, 7) is 0. The number of aromatic amines is 1. The first kappa shape index (κ1) is 10.6. The SMILES string of the molecule is COc1cc(OC)n2cc(-c3ccc[nH]3)nc2n1. The summed E-state index contributed by atoms with van der Waals surface area (Å²) < 4.78 is 12.2. The molecule has 0 saturated carbocycles. The molecule has 6 nitrogen and oxygen atoms in total. The van der Waals surface area contributed by atoms with E-state index in [1.807, 2.05) is 24.5 Å². The average Bonchev–Trinajstić information content (AvgIpc) is 3.05. The van der Waals surface area contributed by atoms with E-state index in [0.29, 0.717) is 17.5 Å². The molecule has 3 aromatic heterocycles. The van der Waals surface area contributed by atoms with Crippen LogP contribution in [0.15, 0.2) is 30.6 Å². The van der Waals surface area contributed by atoms with Gasteiger partial charge in [-0.05, 0) is 12.1 Å². The summed E-state index contributed by atoms with van der Waals surface area (Å²) in [5.74, 6) is 1.64. The minimum Gasteiger partial charge on any atom is -0.482 e. The van der Waals surface area contributed by atoms with Crippen LogP contribution < -0.4 is 9.47 Å². The van der Waals surface area contributed by atoms with Crippen molar-refractivity contribution in [3.63, 3.8) is 0 Å². The van der Waals surface area contributed by atoms with Gasteiger partial charge in [0.1, 0.15) is 5.69 Å². The number of methoxy groups -OCH3 is 2. The maximum Gasteiger partial charge on any atom is 0.240 e. The predicted molar refractivity (Wildman–Crippen MR) is 65.9 cm³/mol. The molecule has 6 heteroatoms. The molecule has 0 bridgehead atoms. The van der Waals surface area contributed by atoms with E-state index >= 15 is 0 Å². The summed E-state index contributed by atoms with van der Waals surface area (Å²) in [5.41, 5.74) is 1.74. The molecule has 0 aliphatic heterocycles. The fourth-order valence-corrected chi connectivity index (χ4v) is 1.80. The van der Waals surface area contributed by atoms with Gasteiger partial charge in [-0.25, -0.2) is 4.98 Å². The molecular formula is C12H12N4O2. The van der Waals surface area contributed by atoms with Gasteiger partial charge in [0.2, 0.25) is 17.5 Å². The summed E-state index contributed by atoms with van der Waals surface area (Å²) in [6.07, 6.45) is 3.72. The van der Waals surface area contributed by atoms with Gasteiger partial charge < -0.3 is 14.5 Å². The number of imidazole rings is 1. The Labute approximate surface area is 103 Å². The number of aromatic nitrogens is 4. The largest absolute Gasteiger partial charge is 0.482 e. The quantitative estimate of drug-likeness (QED) is 0.762. The number of rotatable bonds is 3. The third-order valence-electron chi connectivity index (χ3n) is 2.67. The highest BCUT2D eigenvalue weighted by molar-refractivity contribution is 5.58. The molecule has 0 aromatic carbocycles. The Morgan fingerprint density at radius 3 is 2.78 bits per heavy atom. The van der Waals surface area contributed by atoms with Gasteiger partial charge in [-0.3, -0.25) is 4.40 Å². The lowest BCUT2D eigenvalue weighted by Crippen LogP contribution is -1.97. The number of fused-ring (bicyclic) bond motifs is 1. The van der Waals surface area contributed by atoms with E-state index in [9.17, 15) is 0 Å². The third-order valence-corrected chi connectivity index (χ3v) is 2.67. The van der Waals surface area contributed by atoms with E-state index in [4.69, 9.17) is 9.47 Å². The van der Waals surface area contributed by atoms with Crippen molar-refractivity contribution in [2.24, 2.45) is 0 Å². The van der Waals surface area contributed by atoms with E-state index in [2.05, 4.69) is 15.0 Å².